The molecule has 0 heterocycles. The van der Waals surface area contributed by atoms with E-state index in [0.717, 1.165) is 24.3 Å². The number of allylic oxidation sites excluding steroid dienone is 1. The van der Waals surface area contributed by atoms with Crippen LogP contribution in [0.4, 0.5) is 5.69 Å². The third-order valence-corrected chi connectivity index (χ3v) is 2.63. The van der Waals surface area contributed by atoms with Crippen molar-refractivity contribution >= 4 is 5.69 Å². The molecule has 100 valence electrons. The van der Waals surface area contributed by atoms with Crippen molar-refractivity contribution in [1.29, 1.82) is 0 Å². The number of hydrogen-bond donors (Lipinski definition) is 1. The Morgan fingerprint density at radius 1 is 1.28 bits per heavy atom. The summed E-state index contributed by atoms with van der Waals surface area (Å²) in [5, 5.41) is 3.44. The van der Waals surface area contributed by atoms with Gasteiger partial charge in [0.25, 0.3) is 0 Å². The zero-order chi connectivity index (χ0) is 13.2. The van der Waals surface area contributed by atoms with E-state index in [1.807, 2.05) is 30.3 Å². The van der Waals surface area contributed by atoms with Crippen LogP contribution in [0.25, 0.3) is 0 Å². The molecule has 18 heavy (non-hydrogen) atoms. The third kappa shape index (κ3) is 5.73. The zero-order valence-electron chi connectivity index (χ0n) is 11.3. The summed E-state index contributed by atoms with van der Waals surface area (Å²) in [7, 11) is 1.67. The van der Waals surface area contributed by atoms with E-state index >= 15 is 0 Å². The third-order valence-electron chi connectivity index (χ3n) is 2.63. The molecular weight excluding hydrogens is 226 g/mol. The molecule has 3 heteroatoms. The lowest BCUT2D eigenvalue weighted by molar-refractivity contribution is 0.146. The van der Waals surface area contributed by atoms with Crippen LogP contribution in [-0.4, -0.2) is 26.4 Å². The summed E-state index contributed by atoms with van der Waals surface area (Å²) in [6.07, 6.45) is 4.08. The number of nitrogens with one attached hydrogen (secondary N) is 1. The van der Waals surface area contributed by atoms with E-state index in [9.17, 15) is 0 Å². The van der Waals surface area contributed by atoms with Gasteiger partial charge in [-0.2, -0.15) is 0 Å². The van der Waals surface area contributed by atoms with E-state index in [1.165, 1.54) is 0 Å². The van der Waals surface area contributed by atoms with Gasteiger partial charge < -0.3 is 14.8 Å². The monoisotopic (exact) mass is 249 g/mol. The fourth-order valence-electron chi connectivity index (χ4n) is 1.61. The highest BCUT2D eigenvalue weighted by atomic mass is 16.5. The van der Waals surface area contributed by atoms with E-state index in [0.29, 0.717) is 19.3 Å². The minimum absolute atomic E-state index is 0.447. The second kappa shape index (κ2) is 8.59. The Hall–Kier alpha value is -1.48. The normalized spacial score (nSPS) is 11.9. The molecule has 0 radical (unpaired) electrons. The Morgan fingerprint density at radius 3 is 2.61 bits per heavy atom. The van der Waals surface area contributed by atoms with Crippen molar-refractivity contribution < 1.29 is 9.47 Å². The van der Waals surface area contributed by atoms with Gasteiger partial charge in [0.2, 0.25) is 0 Å². The second-order valence-electron chi connectivity index (χ2n) is 4.28. The van der Waals surface area contributed by atoms with E-state index in [1.54, 1.807) is 7.11 Å². The lowest BCUT2D eigenvalue weighted by atomic mass is 10.1. The molecule has 1 aromatic carbocycles. The van der Waals surface area contributed by atoms with Gasteiger partial charge in [-0.05, 0) is 44.0 Å². The highest BCUT2D eigenvalue weighted by Gasteiger charge is 2.01. The summed E-state index contributed by atoms with van der Waals surface area (Å²) in [5.74, 6) is 0.872. The average molecular weight is 249 g/mol. The zero-order valence-corrected chi connectivity index (χ0v) is 11.3. The Balaban J connectivity index is 2.37. The van der Waals surface area contributed by atoms with Crippen molar-refractivity contribution in [3.8, 4) is 5.75 Å². The van der Waals surface area contributed by atoms with E-state index < -0.39 is 0 Å². The summed E-state index contributed by atoms with van der Waals surface area (Å²) in [5.41, 5.74) is 1.12. The summed E-state index contributed by atoms with van der Waals surface area (Å²) in [6, 6.07) is 8.46. The van der Waals surface area contributed by atoms with Crippen molar-refractivity contribution in [3.05, 3.63) is 36.9 Å². The highest BCUT2D eigenvalue weighted by molar-refractivity contribution is 5.46. The van der Waals surface area contributed by atoms with Crippen LogP contribution in [0.2, 0.25) is 0 Å². The Labute approximate surface area is 110 Å². The fraction of sp³-hybridized carbons (Fsp3) is 0.467. The molecule has 0 saturated heterocycles. The van der Waals surface area contributed by atoms with E-state index in [-0.39, 0.29) is 0 Å². The van der Waals surface area contributed by atoms with Gasteiger partial charge in [-0.15, -0.1) is 6.58 Å². The first-order valence-corrected chi connectivity index (χ1v) is 6.35. The van der Waals surface area contributed by atoms with Gasteiger partial charge in [0.05, 0.1) is 6.61 Å². The summed E-state index contributed by atoms with van der Waals surface area (Å²) < 4.78 is 10.4. The SMILES string of the molecule is C=CCCC(C)Nc1ccc(OCCOC)cc1. The fourth-order valence-corrected chi connectivity index (χ4v) is 1.61. The molecule has 0 amide bonds. The van der Waals surface area contributed by atoms with E-state index in [4.69, 9.17) is 9.47 Å². The quantitative estimate of drug-likeness (QED) is 0.537. The number of hydrogen-bond acceptors (Lipinski definition) is 3. The molecule has 0 aliphatic carbocycles. The van der Waals surface area contributed by atoms with Gasteiger partial charge in [0.1, 0.15) is 12.4 Å². The first-order chi connectivity index (χ1) is 8.76. The molecule has 0 saturated carbocycles. The van der Waals surface area contributed by atoms with Crippen molar-refractivity contribution in [3.63, 3.8) is 0 Å². The maximum absolute atomic E-state index is 5.51. The van der Waals surface area contributed by atoms with Crippen molar-refractivity contribution in [1.82, 2.24) is 0 Å². The predicted octanol–water partition coefficient (Wildman–Crippen LogP) is 3.48. The molecule has 1 rings (SSSR count). The van der Waals surface area contributed by atoms with Gasteiger partial charge in [-0.3, -0.25) is 0 Å². The van der Waals surface area contributed by atoms with Gasteiger partial charge in [-0.25, -0.2) is 0 Å². The molecule has 1 atom stereocenters. The van der Waals surface area contributed by atoms with Crippen LogP contribution < -0.4 is 10.1 Å². The molecule has 1 N–H and O–H groups in total. The van der Waals surface area contributed by atoms with Crippen molar-refractivity contribution in [2.45, 2.75) is 25.8 Å². The molecule has 1 aromatic rings. The Morgan fingerprint density at radius 2 is 2.00 bits per heavy atom. The molecule has 0 bridgehead atoms. The van der Waals surface area contributed by atoms with Gasteiger partial charge in [0.15, 0.2) is 0 Å². The van der Waals surface area contributed by atoms with Gasteiger partial charge in [-0.1, -0.05) is 6.08 Å². The maximum Gasteiger partial charge on any atom is 0.119 e. The smallest absolute Gasteiger partial charge is 0.119 e. The van der Waals surface area contributed by atoms with Crippen molar-refractivity contribution in [2.24, 2.45) is 0 Å². The highest BCUT2D eigenvalue weighted by Crippen LogP contribution is 2.17. The number of methoxy groups -OCH3 is 1. The lowest BCUT2D eigenvalue weighted by Gasteiger charge is -2.14. The number of benzene rings is 1. The molecule has 0 fully saturated rings. The second-order valence-corrected chi connectivity index (χ2v) is 4.28. The topological polar surface area (TPSA) is 30.5 Å². The molecule has 3 nitrogen and oxygen atoms in total. The summed E-state index contributed by atoms with van der Waals surface area (Å²) in [6.45, 7) is 7.10. The Kier molecular flexibility index (Phi) is 6.96. The van der Waals surface area contributed by atoms with Crippen LogP contribution in [0.5, 0.6) is 5.75 Å². The molecular formula is C15H23NO2. The summed E-state index contributed by atoms with van der Waals surface area (Å²) in [4.78, 5) is 0. The largest absolute Gasteiger partial charge is 0.491 e. The standard InChI is InChI=1S/C15H23NO2/c1-4-5-6-13(2)16-14-7-9-15(10-8-14)18-12-11-17-3/h4,7-10,13,16H,1,5-6,11-12H2,2-3H3. The van der Waals surface area contributed by atoms with Gasteiger partial charge >= 0.3 is 0 Å². The minimum atomic E-state index is 0.447. The van der Waals surface area contributed by atoms with Crippen LogP contribution in [0.15, 0.2) is 36.9 Å². The predicted molar refractivity (Wildman–Crippen MR) is 76.3 cm³/mol. The minimum Gasteiger partial charge on any atom is -0.491 e. The summed E-state index contributed by atoms with van der Waals surface area (Å²) >= 11 is 0. The molecule has 0 spiro atoms. The maximum atomic E-state index is 5.51. The first-order valence-electron chi connectivity index (χ1n) is 6.35. The average Bonchev–Trinajstić information content (AvgIpc) is 2.39. The van der Waals surface area contributed by atoms with E-state index in [2.05, 4.69) is 18.8 Å². The lowest BCUT2D eigenvalue weighted by Crippen LogP contribution is -2.14. The van der Waals surface area contributed by atoms with Crippen LogP contribution in [0.3, 0.4) is 0 Å². The number of ether oxygens (including phenoxy) is 2. The van der Waals surface area contributed by atoms with Gasteiger partial charge in [0, 0.05) is 18.8 Å². The first kappa shape index (κ1) is 14.6. The molecule has 0 aliphatic rings. The van der Waals surface area contributed by atoms with Crippen LogP contribution in [0, 0.1) is 0 Å². The number of rotatable bonds is 9. The van der Waals surface area contributed by atoms with Crippen LogP contribution >= 0.6 is 0 Å². The Bertz CT molecular complexity index is 335. The molecule has 0 aliphatic heterocycles. The number of anilines is 1. The van der Waals surface area contributed by atoms with Crippen LogP contribution in [0.1, 0.15) is 19.8 Å². The molecule has 0 aromatic heterocycles. The van der Waals surface area contributed by atoms with Crippen molar-refractivity contribution in [2.75, 3.05) is 25.6 Å². The molecule has 1 unspecified atom stereocenters. The van der Waals surface area contributed by atoms with Crippen LogP contribution in [-0.2, 0) is 4.74 Å².